The summed E-state index contributed by atoms with van der Waals surface area (Å²) in [6.07, 6.45) is 1.86. The number of hydrogen-bond donors (Lipinski definition) is 0. The van der Waals surface area contributed by atoms with E-state index >= 15 is 0 Å². The Labute approximate surface area is 47.2 Å². The number of ether oxygens (including phenoxy) is 1. The first-order valence-corrected chi connectivity index (χ1v) is 3.15. The number of thioether (sulfide) groups is 1. The van der Waals surface area contributed by atoms with Crippen LogP contribution >= 0.6 is 11.8 Å². The monoisotopic (exact) mass is 119 g/mol. The maximum Gasteiger partial charge on any atom is 0.418 e. The van der Waals surface area contributed by atoms with Crippen LogP contribution in [0.5, 0.6) is 0 Å². The molecule has 0 aliphatic carbocycles. The molecular weight excluding hydrogens is 112 g/mol. The van der Waals surface area contributed by atoms with Crippen LogP contribution in [0.25, 0.3) is 0 Å². The van der Waals surface area contributed by atoms with Gasteiger partial charge in [0.1, 0.15) is 5.44 Å². The maximum atomic E-state index is 9.41. The second kappa shape index (κ2) is 3.99. The van der Waals surface area contributed by atoms with Crippen LogP contribution < -0.4 is 0 Å². The molecule has 0 fully saturated rings. The summed E-state index contributed by atoms with van der Waals surface area (Å²) in [5, 5.41) is 0. The van der Waals surface area contributed by atoms with Crippen molar-refractivity contribution >= 4 is 18.2 Å². The predicted molar refractivity (Wildman–Crippen MR) is 29.8 cm³/mol. The minimum absolute atomic E-state index is 0.0579. The number of carbonyl (C=O) groups excluding carboxylic acids is 1. The van der Waals surface area contributed by atoms with Crippen molar-refractivity contribution in [1.82, 2.24) is 0 Å². The molecule has 0 aromatic rings. The Morgan fingerprint density at radius 2 is 2.43 bits per heavy atom. The van der Waals surface area contributed by atoms with Crippen LogP contribution in [0, 0.1) is 0 Å². The van der Waals surface area contributed by atoms with Crippen LogP contribution in [0.3, 0.4) is 0 Å². The van der Waals surface area contributed by atoms with Gasteiger partial charge in [-0.15, -0.1) is 11.8 Å². The number of rotatable bonds is 3. The molecule has 1 radical (unpaired) electrons. The smallest absolute Gasteiger partial charge is 0.418 e. The second-order valence-electron chi connectivity index (χ2n) is 1.00. The Morgan fingerprint density at radius 3 is 2.57 bits per heavy atom. The van der Waals surface area contributed by atoms with Crippen molar-refractivity contribution in [2.75, 3.05) is 6.26 Å². The molecule has 0 aromatic heterocycles. The van der Waals surface area contributed by atoms with Gasteiger partial charge in [0.15, 0.2) is 0 Å². The summed E-state index contributed by atoms with van der Waals surface area (Å²) < 4.78 is 4.35. The Morgan fingerprint density at radius 1 is 1.86 bits per heavy atom. The van der Waals surface area contributed by atoms with Crippen LogP contribution in [0.2, 0.25) is 0 Å². The molecule has 0 N–H and O–H groups in total. The van der Waals surface area contributed by atoms with E-state index in [4.69, 9.17) is 0 Å². The normalized spacial score (nSPS) is 12.9. The highest BCUT2D eigenvalue weighted by Gasteiger charge is 1.94. The Bertz CT molecular complexity index is 55.7. The molecule has 0 aliphatic heterocycles. The van der Waals surface area contributed by atoms with Crippen LogP contribution in [0.1, 0.15) is 6.92 Å². The van der Waals surface area contributed by atoms with Crippen LogP contribution in [0.4, 0.5) is 0 Å². The molecular formula is C4H7O2S. The lowest BCUT2D eigenvalue weighted by atomic mass is 10.9. The van der Waals surface area contributed by atoms with Gasteiger partial charge in [-0.3, -0.25) is 0 Å². The van der Waals surface area contributed by atoms with E-state index in [2.05, 4.69) is 4.74 Å². The van der Waals surface area contributed by atoms with Crippen molar-refractivity contribution in [3.8, 4) is 0 Å². The molecule has 0 amide bonds. The Kier molecular flexibility index (Phi) is 3.89. The zero-order chi connectivity index (χ0) is 5.70. The third-order valence-electron chi connectivity index (χ3n) is 0.546. The summed E-state index contributed by atoms with van der Waals surface area (Å²) >= 11 is 1.46. The largest absolute Gasteiger partial charge is 0.443 e. The standard InChI is InChI=1S/C4H7O2S/c1-4(7-2)6-3-5/h4H,1-2H3. The SMILES string of the molecule is CSC(C)O[C]=O. The van der Waals surface area contributed by atoms with Crippen LogP contribution in [-0.4, -0.2) is 18.2 Å². The van der Waals surface area contributed by atoms with E-state index in [1.807, 2.05) is 6.26 Å². The molecule has 0 rings (SSSR count). The predicted octanol–water partition coefficient (Wildman–Crippen LogP) is 0.779. The summed E-state index contributed by atoms with van der Waals surface area (Å²) in [6, 6.07) is 0. The van der Waals surface area contributed by atoms with E-state index in [9.17, 15) is 4.79 Å². The molecule has 0 heterocycles. The Hall–Kier alpha value is -0.180. The average molecular weight is 119 g/mol. The van der Waals surface area contributed by atoms with E-state index in [1.165, 1.54) is 18.2 Å². The fraction of sp³-hybridized carbons (Fsp3) is 0.750. The highest BCUT2D eigenvalue weighted by atomic mass is 32.2. The summed E-state index contributed by atoms with van der Waals surface area (Å²) in [7, 11) is 0. The molecule has 1 atom stereocenters. The lowest BCUT2D eigenvalue weighted by Crippen LogP contribution is -1.98. The molecule has 0 bridgehead atoms. The molecule has 0 spiro atoms. The fourth-order valence-electron chi connectivity index (χ4n) is 0.116. The lowest BCUT2D eigenvalue weighted by Gasteiger charge is -2.00. The van der Waals surface area contributed by atoms with Gasteiger partial charge < -0.3 is 4.74 Å². The van der Waals surface area contributed by atoms with Gasteiger partial charge in [-0.1, -0.05) is 0 Å². The molecule has 0 saturated carbocycles. The summed E-state index contributed by atoms with van der Waals surface area (Å²) in [6.45, 7) is 3.13. The first kappa shape index (κ1) is 6.82. The zero-order valence-corrected chi connectivity index (χ0v) is 5.12. The highest BCUT2D eigenvalue weighted by molar-refractivity contribution is 7.99. The number of hydrogen-bond acceptors (Lipinski definition) is 3. The summed E-state index contributed by atoms with van der Waals surface area (Å²) in [4.78, 5) is 9.41. The van der Waals surface area contributed by atoms with E-state index in [-0.39, 0.29) is 5.44 Å². The van der Waals surface area contributed by atoms with Crippen molar-refractivity contribution in [2.24, 2.45) is 0 Å². The summed E-state index contributed by atoms with van der Waals surface area (Å²) in [5.41, 5.74) is -0.0579. The molecule has 3 heteroatoms. The van der Waals surface area contributed by atoms with E-state index < -0.39 is 0 Å². The minimum Gasteiger partial charge on any atom is -0.443 e. The molecule has 0 saturated heterocycles. The van der Waals surface area contributed by atoms with Crippen molar-refractivity contribution in [2.45, 2.75) is 12.4 Å². The van der Waals surface area contributed by atoms with E-state index in [0.717, 1.165) is 0 Å². The van der Waals surface area contributed by atoms with Gasteiger partial charge in [0.25, 0.3) is 0 Å². The van der Waals surface area contributed by atoms with Gasteiger partial charge in [0, 0.05) is 0 Å². The van der Waals surface area contributed by atoms with Gasteiger partial charge in [0.2, 0.25) is 0 Å². The third kappa shape index (κ3) is 3.66. The quantitative estimate of drug-likeness (QED) is 0.513. The first-order valence-electron chi connectivity index (χ1n) is 1.87. The van der Waals surface area contributed by atoms with Gasteiger partial charge in [-0.05, 0) is 13.2 Å². The maximum absolute atomic E-state index is 9.41. The fourth-order valence-corrected chi connectivity index (χ4v) is 0.251. The van der Waals surface area contributed by atoms with Crippen molar-refractivity contribution in [1.29, 1.82) is 0 Å². The average Bonchev–Trinajstić information content (AvgIpc) is 1.68. The first-order chi connectivity index (χ1) is 3.31. The van der Waals surface area contributed by atoms with E-state index in [0.29, 0.717) is 0 Å². The molecule has 2 nitrogen and oxygen atoms in total. The molecule has 0 aromatic carbocycles. The van der Waals surface area contributed by atoms with Crippen molar-refractivity contribution in [3.63, 3.8) is 0 Å². The van der Waals surface area contributed by atoms with Gasteiger partial charge in [-0.2, -0.15) is 0 Å². The summed E-state index contributed by atoms with van der Waals surface area (Å²) in [5.74, 6) is 0. The molecule has 1 unspecified atom stereocenters. The van der Waals surface area contributed by atoms with Gasteiger partial charge in [-0.25, -0.2) is 4.79 Å². The van der Waals surface area contributed by atoms with E-state index in [1.54, 1.807) is 6.92 Å². The minimum atomic E-state index is -0.0579. The third-order valence-corrected chi connectivity index (χ3v) is 1.31. The molecule has 7 heavy (non-hydrogen) atoms. The topological polar surface area (TPSA) is 26.3 Å². The van der Waals surface area contributed by atoms with Crippen LogP contribution in [-0.2, 0) is 9.53 Å². The Balaban J connectivity index is 2.98. The van der Waals surface area contributed by atoms with Gasteiger partial charge >= 0.3 is 6.47 Å². The van der Waals surface area contributed by atoms with Gasteiger partial charge in [0.05, 0.1) is 0 Å². The van der Waals surface area contributed by atoms with Crippen LogP contribution in [0.15, 0.2) is 0 Å². The molecule has 0 aliphatic rings. The second-order valence-corrected chi connectivity index (χ2v) is 2.14. The lowest BCUT2D eigenvalue weighted by molar-refractivity contribution is 0.269. The van der Waals surface area contributed by atoms with Crippen molar-refractivity contribution < 1.29 is 9.53 Å². The zero-order valence-electron chi connectivity index (χ0n) is 4.30. The van der Waals surface area contributed by atoms with Crippen molar-refractivity contribution in [3.05, 3.63) is 0 Å². The molecule has 41 valence electrons. The highest BCUT2D eigenvalue weighted by Crippen LogP contribution is 2.03.